The standard InChI is InChI=1S/C16H17N4O3/c1-19-12-5-3-2-4-10(12)16(21)14-13(20(22)23)7-6-11(15(14)19)18-9-8-17/h2-7,18H,8-9,17H2,1H3,(H-,21,22,23)/q-1. The topological polar surface area (TPSA) is 112 Å². The number of hydrogen-bond acceptors (Lipinski definition) is 5. The first-order chi connectivity index (χ1) is 11.1. The average Bonchev–Trinajstić information content (AvgIpc) is 2.56. The molecule has 2 aliphatic rings. The van der Waals surface area contributed by atoms with Crippen molar-refractivity contribution in [1.82, 2.24) is 9.47 Å². The summed E-state index contributed by atoms with van der Waals surface area (Å²) in [4.78, 5) is -0.483. The van der Waals surface area contributed by atoms with E-state index >= 15 is 0 Å². The lowest BCUT2D eigenvalue weighted by molar-refractivity contribution is 0.481. The van der Waals surface area contributed by atoms with E-state index in [0.717, 1.165) is 5.52 Å². The molecule has 0 bridgehead atoms. The molecule has 0 atom stereocenters. The number of nitrogens with zero attached hydrogens (tertiary/aromatic N) is 2. The molecule has 7 heteroatoms. The number of fused-ring (bicyclic) bond motifs is 2. The molecule has 1 heterocycles. The van der Waals surface area contributed by atoms with Crippen LogP contribution in [0, 0.1) is 10.4 Å². The van der Waals surface area contributed by atoms with Gasteiger partial charge < -0.3 is 31.1 Å². The fraction of sp³-hybridized carbons (Fsp3) is 0.188. The third-order valence-electron chi connectivity index (χ3n) is 3.91. The Morgan fingerprint density at radius 2 is 1.96 bits per heavy atom. The molecule has 1 aromatic rings. The summed E-state index contributed by atoms with van der Waals surface area (Å²) in [6, 6.07) is 10.3. The highest BCUT2D eigenvalue weighted by Crippen LogP contribution is 2.39. The minimum Gasteiger partial charge on any atom is -0.612 e. The Labute approximate surface area is 132 Å². The van der Waals surface area contributed by atoms with E-state index in [1.165, 1.54) is 6.07 Å². The van der Waals surface area contributed by atoms with Gasteiger partial charge in [-0.3, -0.25) is 0 Å². The molecule has 0 aromatic heterocycles. The summed E-state index contributed by atoms with van der Waals surface area (Å²) in [7, 11) is 1.82. The third-order valence-corrected chi connectivity index (χ3v) is 3.91. The first kappa shape index (κ1) is 15.0. The Morgan fingerprint density at radius 1 is 1.22 bits per heavy atom. The predicted molar refractivity (Wildman–Crippen MR) is 90.8 cm³/mol. The zero-order chi connectivity index (χ0) is 16.6. The van der Waals surface area contributed by atoms with E-state index in [-0.39, 0.29) is 16.7 Å². The highest BCUT2D eigenvalue weighted by Gasteiger charge is 2.23. The first-order valence-electron chi connectivity index (χ1n) is 7.21. The van der Waals surface area contributed by atoms with Gasteiger partial charge in [-0.15, -0.1) is 0 Å². The van der Waals surface area contributed by atoms with Crippen molar-refractivity contribution in [3.63, 3.8) is 0 Å². The maximum absolute atomic E-state index is 11.4. The van der Waals surface area contributed by atoms with E-state index in [0.29, 0.717) is 29.9 Å². The smallest absolute Gasteiger partial charge is 0.236 e. The Bertz CT molecular complexity index is 913. The lowest BCUT2D eigenvalue weighted by atomic mass is 10.0. The van der Waals surface area contributed by atoms with Crippen molar-refractivity contribution < 1.29 is 5.11 Å². The van der Waals surface area contributed by atoms with Gasteiger partial charge in [0.1, 0.15) is 11.3 Å². The second kappa shape index (κ2) is 5.69. The highest BCUT2D eigenvalue weighted by molar-refractivity contribution is 5.96. The Kier molecular flexibility index (Phi) is 3.71. The number of benzene rings is 2. The van der Waals surface area contributed by atoms with Gasteiger partial charge in [0, 0.05) is 31.6 Å². The Morgan fingerprint density at radius 3 is 2.65 bits per heavy atom. The number of para-hydroxylation sites is 1. The van der Waals surface area contributed by atoms with Gasteiger partial charge in [0.05, 0.1) is 16.9 Å². The summed E-state index contributed by atoms with van der Waals surface area (Å²) in [5.74, 6) is -0.0863. The van der Waals surface area contributed by atoms with Crippen LogP contribution in [0.1, 0.15) is 0 Å². The zero-order valence-corrected chi connectivity index (χ0v) is 12.6. The van der Waals surface area contributed by atoms with Crippen molar-refractivity contribution in [2.24, 2.45) is 12.8 Å². The maximum Gasteiger partial charge on any atom is 0.236 e. The van der Waals surface area contributed by atoms with Crippen LogP contribution >= 0.6 is 0 Å². The second-order valence-electron chi connectivity index (χ2n) is 5.25. The second-order valence-corrected chi connectivity index (χ2v) is 5.25. The molecule has 0 radical (unpaired) electrons. The summed E-state index contributed by atoms with van der Waals surface area (Å²) in [5, 5.41) is 37.0. The van der Waals surface area contributed by atoms with E-state index in [1.807, 2.05) is 23.7 Å². The molecular weight excluding hydrogens is 296 g/mol. The molecule has 0 fully saturated rings. The lowest BCUT2D eigenvalue weighted by Crippen LogP contribution is -2.25. The van der Waals surface area contributed by atoms with E-state index < -0.39 is 4.90 Å². The van der Waals surface area contributed by atoms with Crippen molar-refractivity contribution in [1.29, 1.82) is 0 Å². The molecule has 0 unspecified atom stereocenters. The van der Waals surface area contributed by atoms with Gasteiger partial charge in [-0.1, -0.05) is 12.1 Å². The molecule has 0 amide bonds. The average molecular weight is 313 g/mol. The van der Waals surface area contributed by atoms with Gasteiger partial charge in [0.2, 0.25) is 5.36 Å². The third kappa shape index (κ3) is 2.31. The van der Waals surface area contributed by atoms with E-state index in [2.05, 4.69) is 5.32 Å². The van der Waals surface area contributed by atoms with Crippen molar-refractivity contribution in [3.05, 3.63) is 52.2 Å². The van der Waals surface area contributed by atoms with Crippen LogP contribution in [0.2, 0.25) is 0 Å². The van der Waals surface area contributed by atoms with Crippen molar-refractivity contribution in [2.45, 2.75) is 0 Å². The first-order valence-corrected chi connectivity index (χ1v) is 7.21. The molecule has 0 saturated heterocycles. The van der Waals surface area contributed by atoms with Crippen LogP contribution in [0.5, 0.6) is 5.75 Å². The van der Waals surface area contributed by atoms with Gasteiger partial charge in [-0.05, 0) is 18.2 Å². The number of hydrogen-bond donors (Lipinski definition) is 3. The van der Waals surface area contributed by atoms with Crippen LogP contribution in [-0.2, 0) is 7.05 Å². The van der Waals surface area contributed by atoms with Crippen LogP contribution < -0.4 is 21.3 Å². The van der Waals surface area contributed by atoms with Gasteiger partial charge in [0.25, 0.3) is 0 Å². The number of rotatable bonds is 3. The highest BCUT2D eigenvalue weighted by atomic mass is 16.8. The molecule has 0 spiro atoms. The minimum absolute atomic E-state index is 0.0863. The van der Waals surface area contributed by atoms with Gasteiger partial charge in [0.15, 0.2) is 0 Å². The van der Waals surface area contributed by atoms with Crippen LogP contribution in [-0.4, -0.2) is 22.8 Å². The van der Waals surface area contributed by atoms with Crippen LogP contribution in [0.15, 0.2) is 36.4 Å². The lowest BCUT2D eigenvalue weighted by Gasteiger charge is -2.21. The molecule has 1 aliphatic carbocycles. The van der Waals surface area contributed by atoms with Crippen LogP contribution in [0.3, 0.4) is 0 Å². The minimum atomic E-state index is -0.483. The van der Waals surface area contributed by atoms with Crippen LogP contribution in [0.4, 0.5) is 5.69 Å². The van der Waals surface area contributed by atoms with Gasteiger partial charge in [-0.25, -0.2) is 0 Å². The largest absolute Gasteiger partial charge is 0.612 e. The number of pyridine rings is 1. The number of nitrogens with one attached hydrogen (secondary N) is 1. The predicted octanol–water partition coefficient (Wildman–Crippen LogP) is 1.13. The summed E-state index contributed by atoms with van der Waals surface area (Å²) in [5.41, 5.74) is 7.80. The van der Waals surface area contributed by atoms with Crippen LogP contribution in [0.25, 0.3) is 22.2 Å². The molecule has 3 rings (SSSR count). The van der Waals surface area contributed by atoms with E-state index in [4.69, 9.17) is 5.73 Å². The van der Waals surface area contributed by atoms with E-state index in [9.17, 15) is 15.5 Å². The van der Waals surface area contributed by atoms with Crippen molar-refractivity contribution in [2.75, 3.05) is 18.4 Å². The molecular formula is C16H17N4O3-. The summed E-state index contributed by atoms with van der Waals surface area (Å²) >= 11 is 0. The molecule has 1 aromatic carbocycles. The molecule has 120 valence electrons. The van der Waals surface area contributed by atoms with Crippen molar-refractivity contribution in [3.8, 4) is 17.0 Å². The van der Waals surface area contributed by atoms with E-state index in [1.54, 1.807) is 18.2 Å². The number of nitrogens with two attached hydrogens (primary N) is 1. The number of aromatic nitrogens is 1. The van der Waals surface area contributed by atoms with Gasteiger partial charge in [-0.2, -0.15) is 4.90 Å². The maximum atomic E-state index is 11.4. The summed E-state index contributed by atoms with van der Waals surface area (Å²) < 4.78 is 1.84. The quantitative estimate of drug-likeness (QED) is 0.495. The monoisotopic (exact) mass is 313 g/mol. The fourth-order valence-electron chi connectivity index (χ4n) is 2.89. The molecule has 7 nitrogen and oxygen atoms in total. The zero-order valence-electron chi connectivity index (χ0n) is 12.6. The molecule has 1 aliphatic heterocycles. The Hall–Kier alpha value is -2.93. The molecule has 23 heavy (non-hydrogen) atoms. The Balaban J connectivity index is 2.52. The number of anilines is 1. The fourth-order valence-corrected chi connectivity index (χ4v) is 2.89. The molecule has 0 saturated carbocycles. The number of aromatic hydroxyl groups is 1. The van der Waals surface area contributed by atoms with Gasteiger partial charge >= 0.3 is 0 Å². The molecule has 4 N–H and O–H groups in total. The SMILES string of the molecule is Cn1c2c(NCCN)ccc(=[N+]([O-])[O-])c-2c(O)c2ccccc21. The normalized spacial score (nSPS) is 11.0. The number of aryl methyl sites for hydroxylation is 1. The van der Waals surface area contributed by atoms with Crippen molar-refractivity contribution >= 4 is 16.6 Å². The summed E-state index contributed by atoms with van der Waals surface area (Å²) in [6.07, 6.45) is 0. The summed E-state index contributed by atoms with van der Waals surface area (Å²) in [6.45, 7) is 0.961.